The van der Waals surface area contributed by atoms with E-state index < -0.39 is 9.84 Å². The normalized spacial score (nSPS) is 12.2. The average molecular weight is 470 g/mol. The number of para-hydroxylation sites is 1. The van der Waals surface area contributed by atoms with Gasteiger partial charge in [0.15, 0.2) is 11.3 Å². The summed E-state index contributed by atoms with van der Waals surface area (Å²) in [7, 11) is -0.902. The smallest absolute Gasteiger partial charge is 0.239 e. The van der Waals surface area contributed by atoms with Gasteiger partial charge in [-0.05, 0) is 49.4 Å². The zero-order chi connectivity index (χ0) is 22.9. The molecule has 0 aliphatic heterocycles. The van der Waals surface area contributed by atoms with Crippen LogP contribution in [0.2, 0.25) is 5.02 Å². The summed E-state index contributed by atoms with van der Waals surface area (Å²) in [5.41, 5.74) is 1.67. The zero-order valence-electron chi connectivity index (χ0n) is 17.6. The largest absolute Gasteiger partial charge is 0.495 e. The predicted octanol–water partition coefficient (Wildman–Crippen LogP) is 5.48. The molecule has 0 atom stereocenters. The van der Waals surface area contributed by atoms with Crippen LogP contribution in [0.3, 0.4) is 0 Å². The highest BCUT2D eigenvalue weighted by atomic mass is 35.5. The van der Waals surface area contributed by atoms with Crippen LogP contribution in [0.25, 0.3) is 11.0 Å². The molecule has 0 fully saturated rings. The van der Waals surface area contributed by atoms with Crippen LogP contribution in [0.4, 0.5) is 5.69 Å². The minimum absolute atomic E-state index is 0.0611. The van der Waals surface area contributed by atoms with Gasteiger partial charge in [0.1, 0.15) is 10.6 Å². The van der Waals surface area contributed by atoms with Crippen molar-refractivity contribution in [2.45, 2.75) is 16.7 Å². The zero-order valence-corrected chi connectivity index (χ0v) is 19.2. The summed E-state index contributed by atoms with van der Waals surface area (Å²) in [6.07, 6.45) is 0. The molecule has 6 nitrogen and oxygen atoms in total. The van der Waals surface area contributed by atoms with Crippen LogP contribution in [0.15, 0.2) is 85.9 Å². The highest BCUT2D eigenvalue weighted by Crippen LogP contribution is 2.30. The van der Waals surface area contributed by atoms with E-state index in [1.54, 1.807) is 66.7 Å². The third kappa shape index (κ3) is 4.09. The Morgan fingerprint density at radius 1 is 0.906 bits per heavy atom. The summed E-state index contributed by atoms with van der Waals surface area (Å²) >= 11 is 6.23. The van der Waals surface area contributed by atoms with Crippen molar-refractivity contribution in [3.63, 3.8) is 0 Å². The Balaban J connectivity index is 2.03. The Hall–Kier alpha value is -3.29. The number of sulfone groups is 1. The lowest BCUT2D eigenvalue weighted by molar-refractivity contribution is 0.404. The molecule has 1 heterocycles. The van der Waals surface area contributed by atoms with Crippen molar-refractivity contribution < 1.29 is 22.3 Å². The van der Waals surface area contributed by atoms with E-state index in [0.29, 0.717) is 33.2 Å². The van der Waals surface area contributed by atoms with E-state index in [9.17, 15) is 8.42 Å². The number of hydrogen-bond donors (Lipinski definition) is 0. The molecule has 0 amide bonds. The number of benzene rings is 3. The molecular formula is C24H20ClNO5S. The Morgan fingerprint density at radius 2 is 1.62 bits per heavy atom. The Kier molecular flexibility index (Phi) is 5.95. The number of aryl methyl sites for hydroxylation is 1. The molecule has 8 heteroatoms. The molecule has 0 aliphatic rings. The van der Waals surface area contributed by atoms with Crippen molar-refractivity contribution in [1.29, 1.82) is 0 Å². The topological polar surface area (TPSA) is 78.1 Å². The maximum Gasteiger partial charge on any atom is 0.239 e. The second-order valence-electron chi connectivity index (χ2n) is 7.04. The molecule has 0 unspecified atom stereocenters. The fourth-order valence-corrected chi connectivity index (χ4v) is 4.82. The van der Waals surface area contributed by atoms with Crippen molar-refractivity contribution in [3.05, 3.63) is 82.9 Å². The maximum atomic E-state index is 13.5. The molecule has 0 N–H and O–H groups in total. The third-order valence-corrected chi connectivity index (χ3v) is 6.97. The van der Waals surface area contributed by atoms with E-state index in [2.05, 4.69) is 4.99 Å². The summed E-state index contributed by atoms with van der Waals surface area (Å²) in [6, 6.07) is 18.3. The summed E-state index contributed by atoms with van der Waals surface area (Å²) in [6.45, 7) is 1.89. The molecular weight excluding hydrogens is 450 g/mol. The molecule has 1 aromatic heterocycles. The highest BCUT2D eigenvalue weighted by Gasteiger charge is 2.23. The average Bonchev–Trinajstić information content (AvgIpc) is 2.78. The van der Waals surface area contributed by atoms with Gasteiger partial charge >= 0.3 is 0 Å². The number of fused-ring (bicyclic) bond motifs is 1. The Labute approximate surface area is 190 Å². The van der Waals surface area contributed by atoms with Crippen LogP contribution in [-0.4, -0.2) is 22.6 Å². The van der Waals surface area contributed by atoms with E-state index in [0.717, 1.165) is 5.56 Å². The molecule has 4 rings (SSSR count). The molecule has 32 heavy (non-hydrogen) atoms. The van der Waals surface area contributed by atoms with E-state index in [-0.39, 0.29) is 15.3 Å². The molecule has 0 aliphatic carbocycles. The Morgan fingerprint density at radius 3 is 2.28 bits per heavy atom. The van der Waals surface area contributed by atoms with Crippen molar-refractivity contribution in [2.75, 3.05) is 14.2 Å². The molecule has 164 valence electrons. The summed E-state index contributed by atoms with van der Waals surface area (Å²) in [5, 5.41) is 0.914. The molecule has 0 radical (unpaired) electrons. The van der Waals surface area contributed by atoms with Gasteiger partial charge in [-0.2, -0.15) is 0 Å². The van der Waals surface area contributed by atoms with Crippen LogP contribution in [0.1, 0.15) is 5.56 Å². The van der Waals surface area contributed by atoms with Gasteiger partial charge in [0.25, 0.3) is 0 Å². The number of rotatable bonds is 5. The van der Waals surface area contributed by atoms with Crippen LogP contribution < -0.4 is 15.0 Å². The second-order valence-corrected chi connectivity index (χ2v) is 9.37. The van der Waals surface area contributed by atoms with Gasteiger partial charge in [0, 0.05) is 5.39 Å². The van der Waals surface area contributed by atoms with Gasteiger partial charge in [-0.15, -0.1) is 0 Å². The first-order valence-electron chi connectivity index (χ1n) is 9.64. The lowest BCUT2D eigenvalue weighted by atomic mass is 10.2. The van der Waals surface area contributed by atoms with Gasteiger partial charge in [-0.3, -0.25) is 0 Å². The Bertz CT molecular complexity index is 1480. The molecule has 0 saturated heterocycles. The summed E-state index contributed by atoms with van der Waals surface area (Å²) in [4.78, 5) is 4.55. The fourth-order valence-electron chi connectivity index (χ4n) is 3.22. The minimum Gasteiger partial charge on any atom is -0.495 e. The number of nitrogens with zero attached hydrogens (tertiary/aromatic N) is 1. The van der Waals surface area contributed by atoms with Crippen molar-refractivity contribution in [2.24, 2.45) is 4.99 Å². The quantitative estimate of drug-likeness (QED) is 0.387. The molecule has 3 aromatic carbocycles. The van der Waals surface area contributed by atoms with E-state index in [4.69, 9.17) is 25.5 Å². The van der Waals surface area contributed by atoms with Crippen LogP contribution in [0.5, 0.6) is 11.5 Å². The first kappa shape index (κ1) is 21.9. The molecule has 0 bridgehead atoms. The molecule has 0 spiro atoms. The number of methoxy groups -OCH3 is 2. The highest BCUT2D eigenvalue weighted by molar-refractivity contribution is 7.91. The maximum absolute atomic E-state index is 13.5. The second kappa shape index (κ2) is 8.68. The first-order valence-corrected chi connectivity index (χ1v) is 11.5. The lowest BCUT2D eigenvalue weighted by Gasteiger charge is -2.09. The lowest BCUT2D eigenvalue weighted by Crippen LogP contribution is -2.16. The van der Waals surface area contributed by atoms with Crippen molar-refractivity contribution in [1.82, 2.24) is 0 Å². The van der Waals surface area contributed by atoms with E-state index in [1.807, 2.05) is 6.92 Å². The van der Waals surface area contributed by atoms with Crippen LogP contribution in [0, 0.1) is 6.92 Å². The minimum atomic E-state index is -3.93. The third-order valence-electron chi connectivity index (χ3n) is 4.91. The van der Waals surface area contributed by atoms with E-state index in [1.165, 1.54) is 14.2 Å². The van der Waals surface area contributed by atoms with Crippen molar-refractivity contribution in [3.8, 4) is 11.5 Å². The SMILES string of the molecule is COc1ccc(N=c2oc3c(OC)cccc3cc2S(=O)(=O)c2ccc(C)cc2)cc1Cl. The van der Waals surface area contributed by atoms with Gasteiger partial charge in [-0.25, -0.2) is 13.4 Å². The molecule has 0 saturated carbocycles. The monoisotopic (exact) mass is 469 g/mol. The number of ether oxygens (including phenoxy) is 2. The number of halogens is 1. The summed E-state index contributed by atoms with van der Waals surface area (Å²) < 4.78 is 43.6. The fraction of sp³-hybridized carbons (Fsp3) is 0.125. The van der Waals surface area contributed by atoms with Gasteiger partial charge in [0.2, 0.25) is 15.4 Å². The van der Waals surface area contributed by atoms with E-state index >= 15 is 0 Å². The molecule has 4 aromatic rings. The predicted molar refractivity (Wildman–Crippen MR) is 123 cm³/mol. The van der Waals surface area contributed by atoms with Crippen LogP contribution >= 0.6 is 11.6 Å². The summed E-state index contributed by atoms with van der Waals surface area (Å²) in [5.74, 6) is 0.946. The standard InChI is InChI=1S/C24H20ClNO5S/c1-15-7-10-18(11-8-15)32(27,28)22-13-16-5-4-6-21(30-3)23(16)31-24(22)26-17-9-12-20(29-2)19(25)14-17/h4-14H,1-3H3. The first-order chi connectivity index (χ1) is 15.3. The van der Waals surface area contributed by atoms with Gasteiger partial charge in [0.05, 0.1) is 29.8 Å². The van der Waals surface area contributed by atoms with Gasteiger partial charge < -0.3 is 13.9 Å². The van der Waals surface area contributed by atoms with Crippen molar-refractivity contribution >= 4 is 38.1 Å². The van der Waals surface area contributed by atoms with Crippen LogP contribution in [-0.2, 0) is 9.84 Å². The number of hydrogen-bond acceptors (Lipinski definition) is 6. The van der Waals surface area contributed by atoms with Gasteiger partial charge in [-0.1, -0.05) is 41.4 Å².